The van der Waals surface area contributed by atoms with Gasteiger partial charge in [0.05, 0.1) is 11.9 Å². The first-order chi connectivity index (χ1) is 14.8. The molecule has 1 aromatic carbocycles. The summed E-state index contributed by atoms with van der Waals surface area (Å²) in [4.78, 5) is 14.0. The van der Waals surface area contributed by atoms with Crippen molar-refractivity contribution in [2.24, 2.45) is 0 Å². The van der Waals surface area contributed by atoms with Gasteiger partial charge in [-0.25, -0.2) is 4.98 Å². The topological polar surface area (TPSA) is 114 Å². The molecule has 0 atom stereocenters. The number of nitrogens with zero attached hydrogens (tertiary/aromatic N) is 4. The molecule has 9 heteroatoms. The van der Waals surface area contributed by atoms with Crippen LogP contribution >= 0.6 is 11.6 Å². The van der Waals surface area contributed by atoms with Crippen LogP contribution in [0.25, 0.3) is 11.2 Å². The smallest absolute Gasteiger partial charge is 0.226 e. The monoisotopic (exact) mass is 443 g/mol. The van der Waals surface area contributed by atoms with Gasteiger partial charge in [0, 0.05) is 29.8 Å². The first-order valence-corrected chi connectivity index (χ1v) is 11.2. The lowest BCUT2D eigenvalue weighted by atomic mass is 9.95. The number of aromatic nitrogens is 4. The van der Waals surface area contributed by atoms with Gasteiger partial charge in [-0.15, -0.1) is 0 Å². The van der Waals surface area contributed by atoms with E-state index >= 15 is 0 Å². The van der Waals surface area contributed by atoms with E-state index in [9.17, 15) is 5.11 Å². The Morgan fingerprint density at radius 1 is 1.19 bits per heavy atom. The highest BCUT2D eigenvalue weighted by atomic mass is 35.5. The molecule has 3 aromatic rings. The number of anilines is 3. The molecule has 0 radical (unpaired) electrons. The molecule has 5 N–H and O–H groups in total. The predicted molar refractivity (Wildman–Crippen MR) is 125 cm³/mol. The molecule has 8 nitrogen and oxygen atoms in total. The largest absolute Gasteiger partial charge is 0.398 e. The van der Waals surface area contributed by atoms with Gasteiger partial charge in [-0.1, -0.05) is 30.9 Å². The zero-order valence-electron chi connectivity index (χ0n) is 18.0. The molecule has 2 aromatic heterocycles. The Bertz CT molecular complexity index is 1050. The van der Waals surface area contributed by atoms with E-state index in [1.54, 1.807) is 26.0 Å². The maximum absolute atomic E-state index is 10.1. The van der Waals surface area contributed by atoms with Crippen molar-refractivity contribution in [1.82, 2.24) is 19.5 Å². The van der Waals surface area contributed by atoms with Crippen molar-refractivity contribution < 1.29 is 5.11 Å². The minimum Gasteiger partial charge on any atom is -0.398 e. The normalized spacial score (nSPS) is 15.4. The van der Waals surface area contributed by atoms with Crippen LogP contribution < -0.4 is 16.4 Å². The molecule has 0 aliphatic heterocycles. The van der Waals surface area contributed by atoms with Gasteiger partial charge < -0.3 is 26.0 Å². The lowest BCUT2D eigenvalue weighted by Crippen LogP contribution is -2.30. The quantitative estimate of drug-likeness (QED) is 0.401. The summed E-state index contributed by atoms with van der Waals surface area (Å²) in [6, 6.07) is 5.81. The van der Waals surface area contributed by atoms with Crippen LogP contribution in [0.5, 0.6) is 0 Å². The Hall–Kier alpha value is -2.58. The fraction of sp³-hybridized carbons (Fsp3) is 0.500. The summed E-state index contributed by atoms with van der Waals surface area (Å²) in [7, 11) is 0. The number of benzene rings is 1. The van der Waals surface area contributed by atoms with Crippen molar-refractivity contribution in [3.05, 3.63) is 35.1 Å². The number of fused-ring (bicyclic) bond motifs is 1. The van der Waals surface area contributed by atoms with Crippen molar-refractivity contribution in [2.45, 2.75) is 64.1 Å². The number of hydrogen-bond acceptors (Lipinski definition) is 7. The molecule has 4 rings (SSSR count). The summed E-state index contributed by atoms with van der Waals surface area (Å²) in [5.41, 5.74) is 8.28. The van der Waals surface area contributed by atoms with E-state index in [1.807, 2.05) is 12.4 Å². The molecule has 1 fully saturated rings. The van der Waals surface area contributed by atoms with Crippen LogP contribution in [-0.2, 0) is 6.54 Å². The van der Waals surface area contributed by atoms with Crippen LogP contribution in [0, 0.1) is 0 Å². The van der Waals surface area contributed by atoms with E-state index < -0.39 is 5.60 Å². The maximum atomic E-state index is 10.1. The Morgan fingerprint density at radius 2 is 1.97 bits per heavy atom. The van der Waals surface area contributed by atoms with Crippen molar-refractivity contribution in [1.29, 1.82) is 0 Å². The molecule has 166 valence electrons. The van der Waals surface area contributed by atoms with Gasteiger partial charge in [0.1, 0.15) is 0 Å². The van der Waals surface area contributed by atoms with Crippen LogP contribution in [0.3, 0.4) is 0 Å². The Kier molecular flexibility index (Phi) is 6.20. The molecule has 0 bridgehead atoms. The minimum atomic E-state index is -0.884. The molecule has 0 amide bonds. The third-order valence-electron chi connectivity index (χ3n) is 5.62. The lowest BCUT2D eigenvalue weighted by Gasteiger charge is -2.23. The number of rotatable bonds is 7. The van der Waals surface area contributed by atoms with Crippen LogP contribution in [0.15, 0.2) is 24.5 Å². The van der Waals surface area contributed by atoms with E-state index in [-0.39, 0.29) is 0 Å². The van der Waals surface area contributed by atoms with Gasteiger partial charge in [0.15, 0.2) is 17.0 Å². The van der Waals surface area contributed by atoms with Crippen LogP contribution in [0.2, 0.25) is 5.02 Å². The van der Waals surface area contributed by atoms with E-state index in [0.29, 0.717) is 41.6 Å². The number of imidazole rings is 1. The Morgan fingerprint density at radius 3 is 2.71 bits per heavy atom. The van der Waals surface area contributed by atoms with Crippen molar-refractivity contribution in [3.8, 4) is 0 Å². The van der Waals surface area contributed by atoms with Gasteiger partial charge in [0.2, 0.25) is 5.95 Å². The van der Waals surface area contributed by atoms with E-state index in [4.69, 9.17) is 22.3 Å². The molecule has 31 heavy (non-hydrogen) atoms. The number of nitrogen functional groups attached to an aromatic ring is 1. The maximum Gasteiger partial charge on any atom is 0.226 e. The first-order valence-electron chi connectivity index (χ1n) is 10.8. The van der Waals surface area contributed by atoms with Gasteiger partial charge >= 0.3 is 0 Å². The number of nitrogens with two attached hydrogens (primary N) is 1. The number of nitrogens with one attached hydrogen (secondary N) is 2. The average molecular weight is 444 g/mol. The fourth-order valence-electron chi connectivity index (χ4n) is 3.95. The SMILES string of the molecule is CC(C)(O)CNc1nc(NCc2cc(Cl)ccc2N)c2ncn(C3CCCCC3)c2n1. The molecule has 1 saturated carbocycles. The summed E-state index contributed by atoms with van der Waals surface area (Å²) in [6.45, 7) is 4.27. The van der Waals surface area contributed by atoms with E-state index in [1.165, 1.54) is 19.3 Å². The Balaban J connectivity index is 1.68. The zero-order chi connectivity index (χ0) is 22.0. The van der Waals surface area contributed by atoms with Crippen LogP contribution in [0.1, 0.15) is 57.6 Å². The standard InChI is InChI=1S/C22H30ClN7O/c1-22(2,31)12-26-21-28-19(25-11-14-10-15(23)8-9-17(14)24)18-20(29-21)30(13-27-18)16-6-4-3-5-7-16/h8-10,13,16,31H,3-7,11-12,24H2,1-2H3,(H2,25,26,28,29). The van der Waals surface area contributed by atoms with E-state index in [0.717, 1.165) is 29.6 Å². The molecular weight excluding hydrogens is 414 g/mol. The fourth-order valence-corrected chi connectivity index (χ4v) is 4.14. The number of hydrogen-bond donors (Lipinski definition) is 4. The summed E-state index contributed by atoms with van der Waals surface area (Å²) in [6.07, 6.45) is 7.85. The minimum absolute atomic E-state index is 0.330. The Labute approximate surface area is 187 Å². The molecule has 2 heterocycles. The van der Waals surface area contributed by atoms with Gasteiger partial charge in [-0.2, -0.15) is 9.97 Å². The zero-order valence-corrected chi connectivity index (χ0v) is 18.8. The molecule has 1 aliphatic carbocycles. The molecule has 0 spiro atoms. The third-order valence-corrected chi connectivity index (χ3v) is 5.86. The highest BCUT2D eigenvalue weighted by Crippen LogP contribution is 2.32. The molecule has 1 aliphatic rings. The van der Waals surface area contributed by atoms with Crippen molar-refractivity contribution >= 4 is 40.2 Å². The third kappa shape index (κ3) is 5.19. The summed E-state index contributed by atoms with van der Waals surface area (Å²) in [5, 5.41) is 17.3. The second-order valence-corrected chi connectivity index (χ2v) is 9.31. The highest BCUT2D eigenvalue weighted by molar-refractivity contribution is 6.30. The number of aliphatic hydroxyl groups is 1. The summed E-state index contributed by atoms with van der Waals surface area (Å²) in [5.74, 6) is 1.07. The van der Waals surface area contributed by atoms with Gasteiger partial charge in [-0.3, -0.25) is 0 Å². The van der Waals surface area contributed by atoms with Crippen molar-refractivity contribution in [2.75, 3.05) is 22.9 Å². The highest BCUT2D eigenvalue weighted by Gasteiger charge is 2.21. The van der Waals surface area contributed by atoms with Gasteiger partial charge in [0.25, 0.3) is 0 Å². The second-order valence-electron chi connectivity index (χ2n) is 8.87. The number of halogens is 1. The first kappa shape index (κ1) is 21.6. The predicted octanol–water partition coefficient (Wildman–Crippen LogP) is 4.36. The van der Waals surface area contributed by atoms with Gasteiger partial charge in [-0.05, 0) is 50.5 Å². The van der Waals surface area contributed by atoms with E-state index in [2.05, 4.69) is 25.2 Å². The molecule has 0 unspecified atom stereocenters. The average Bonchev–Trinajstić information content (AvgIpc) is 3.17. The summed E-state index contributed by atoms with van der Waals surface area (Å²) >= 11 is 6.13. The lowest BCUT2D eigenvalue weighted by molar-refractivity contribution is 0.0943. The second kappa shape index (κ2) is 8.88. The molecule has 0 saturated heterocycles. The van der Waals surface area contributed by atoms with Crippen molar-refractivity contribution in [3.63, 3.8) is 0 Å². The van der Waals surface area contributed by atoms with Crippen LogP contribution in [-0.4, -0.2) is 36.8 Å². The molecular formula is C22H30ClN7O. The summed E-state index contributed by atoms with van der Waals surface area (Å²) < 4.78 is 2.17. The van der Waals surface area contributed by atoms with Crippen LogP contribution in [0.4, 0.5) is 17.5 Å².